The normalized spacial score (nSPS) is 12.4. The minimum absolute atomic E-state index is 0.199. The first kappa shape index (κ1) is 17.9. The Bertz CT molecular complexity index is 476. The van der Waals surface area contributed by atoms with Crippen molar-refractivity contribution < 1.29 is 19.1 Å². The molecule has 1 rings (SSSR count). The van der Waals surface area contributed by atoms with Gasteiger partial charge < -0.3 is 9.47 Å². The number of amides is 1. The van der Waals surface area contributed by atoms with Gasteiger partial charge in [-0.1, -0.05) is 59.9 Å². The molecule has 1 N–H and O–H groups in total. The third kappa shape index (κ3) is 6.42. The Labute approximate surface area is 137 Å². The van der Waals surface area contributed by atoms with Gasteiger partial charge in [-0.3, -0.25) is 5.32 Å². The third-order valence-electron chi connectivity index (χ3n) is 2.22. The van der Waals surface area contributed by atoms with Crippen LogP contribution in [0.5, 0.6) is 0 Å². The van der Waals surface area contributed by atoms with Gasteiger partial charge in [-0.05, 0) is 18.6 Å². The molecule has 1 amide bonds. The maximum Gasteiger partial charge on any atom is 0.410 e. The van der Waals surface area contributed by atoms with Gasteiger partial charge in [0.2, 0.25) is 10.0 Å². The van der Waals surface area contributed by atoms with Crippen molar-refractivity contribution in [3.8, 4) is 0 Å². The molecule has 5 nitrogen and oxygen atoms in total. The first-order valence-electron chi connectivity index (χ1n) is 6.10. The van der Waals surface area contributed by atoms with Crippen LogP contribution >= 0.6 is 34.8 Å². The fourth-order valence-electron chi connectivity index (χ4n) is 1.27. The lowest BCUT2D eigenvalue weighted by Gasteiger charge is -2.24. The van der Waals surface area contributed by atoms with Gasteiger partial charge in [0.25, 0.3) is 0 Å². The van der Waals surface area contributed by atoms with Crippen molar-refractivity contribution in [1.82, 2.24) is 5.32 Å². The highest BCUT2D eigenvalue weighted by molar-refractivity contribution is 6.68. The monoisotopic (exact) mass is 353 g/mol. The molecule has 0 heterocycles. The summed E-state index contributed by atoms with van der Waals surface area (Å²) in [6.45, 7) is 2.03. The average molecular weight is 355 g/mol. The van der Waals surface area contributed by atoms with E-state index in [0.29, 0.717) is 6.42 Å². The second kappa shape index (κ2) is 8.32. The van der Waals surface area contributed by atoms with Crippen LogP contribution in [0.25, 0.3) is 0 Å². The molecule has 116 valence electrons. The number of rotatable bonds is 5. The molecule has 8 heteroatoms. The van der Waals surface area contributed by atoms with Crippen molar-refractivity contribution in [3.05, 3.63) is 35.9 Å². The van der Waals surface area contributed by atoms with Gasteiger partial charge in [-0.15, -0.1) is 0 Å². The van der Waals surface area contributed by atoms with Crippen molar-refractivity contribution >= 4 is 46.9 Å². The second-order valence-electron chi connectivity index (χ2n) is 3.97. The number of esters is 1. The summed E-state index contributed by atoms with van der Waals surface area (Å²) in [6.07, 6.45) is -1.68. The zero-order valence-corrected chi connectivity index (χ0v) is 13.4. The first-order chi connectivity index (χ1) is 9.84. The van der Waals surface area contributed by atoms with Gasteiger partial charge in [0.05, 0.1) is 12.2 Å². The van der Waals surface area contributed by atoms with E-state index >= 15 is 0 Å². The molecule has 0 bridgehead atoms. The van der Waals surface area contributed by atoms with E-state index in [1.807, 2.05) is 6.92 Å². The van der Waals surface area contributed by atoms with E-state index in [1.165, 1.54) is 12.1 Å². The molecule has 21 heavy (non-hydrogen) atoms. The fraction of sp³-hybridized carbons (Fsp3) is 0.385. The highest BCUT2D eigenvalue weighted by Gasteiger charge is 2.38. The van der Waals surface area contributed by atoms with Crippen LogP contribution in [0.4, 0.5) is 4.79 Å². The van der Waals surface area contributed by atoms with Crippen molar-refractivity contribution in [1.29, 1.82) is 0 Å². The molecule has 0 aliphatic rings. The molecule has 0 spiro atoms. The SMILES string of the molecule is CCCOC(=O)N[C@@H](OC(=O)c1ccccc1)C(Cl)(Cl)Cl. The molecule has 1 aromatic rings. The summed E-state index contributed by atoms with van der Waals surface area (Å²) in [5.74, 6) is -0.734. The van der Waals surface area contributed by atoms with E-state index in [4.69, 9.17) is 44.3 Å². The van der Waals surface area contributed by atoms with Gasteiger partial charge in [0.1, 0.15) is 0 Å². The molecule has 0 aliphatic heterocycles. The summed E-state index contributed by atoms with van der Waals surface area (Å²) in [4.78, 5) is 23.4. The van der Waals surface area contributed by atoms with E-state index in [-0.39, 0.29) is 12.2 Å². The summed E-state index contributed by atoms with van der Waals surface area (Å²) in [5.41, 5.74) is 0.264. The van der Waals surface area contributed by atoms with E-state index < -0.39 is 22.1 Å². The van der Waals surface area contributed by atoms with Crippen LogP contribution in [0.1, 0.15) is 23.7 Å². The average Bonchev–Trinajstić information content (AvgIpc) is 2.44. The molecular formula is C13H14Cl3NO4. The number of halogens is 3. The van der Waals surface area contributed by atoms with Gasteiger partial charge in [-0.25, -0.2) is 9.59 Å². The lowest BCUT2D eigenvalue weighted by atomic mass is 10.2. The Hall–Kier alpha value is -1.17. The summed E-state index contributed by atoms with van der Waals surface area (Å²) >= 11 is 17.1. The fourth-order valence-corrected chi connectivity index (χ4v) is 1.57. The highest BCUT2D eigenvalue weighted by Crippen LogP contribution is 2.31. The van der Waals surface area contributed by atoms with Crippen LogP contribution in [0, 0.1) is 0 Å². The molecule has 1 aromatic carbocycles. The minimum atomic E-state index is -2.03. The smallest absolute Gasteiger partial charge is 0.410 e. The molecule has 0 unspecified atom stereocenters. The zero-order valence-electron chi connectivity index (χ0n) is 11.1. The lowest BCUT2D eigenvalue weighted by molar-refractivity contribution is 0.0216. The van der Waals surface area contributed by atoms with Crippen LogP contribution in [0.2, 0.25) is 0 Å². The number of ether oxygens (including phenoxy) is 2. The number of carbonyl (C=O) groups is 2. The van der Waals surface area contributed by atoms with Crippen molar-refractivity contribution in [2.75, 3.05) is 6.61 Å². The van der Waals surface area contributed by atoms with Crippen molar-refractivity contribution in [2.24, 2.45) is 0 Å². The number of benzene rings is 1. The summed E-state index contributed by atoms with van der Waals surface area (Å²) in [5, 5.41) is 2.19. The quantitative estimate of drug-likeness (QED) is 0.498. The lowest BCUT2D eigenvalue weighted by Crippen LogP contribution is -2.47. The molecule has 0 aromatic heterocycles. The first-order valence-corrected chi connectivity index (χ1v) is 7.24. The van der Waals surface area contributed by atoms with Crippen LogP contribution in [-0.2, 0) is 9.47 Å². The summed E-state index contributed by atoms with van der Waals surface area (Å²) in [6, 6.07) is 8.12. The van der Waals surface area contributed by atoms with Gasteiger partial charge >= 0.3 is 12.1 Å². The standard InChI is InChI=1S/C13H14Cl3NO4/c1-2-8-20-12(19)17-11(13(14,15)16)21-10(18)9-6-4-3-5-7-9/h3-7,11H,2,8H2,1H3,(H,17,19)/t11-/m0/s1. The Morgan fingerprint density at radius 1 is 1.24 bits per heavy atom. The molecule has 0 fully saturated rings. The van der Waals surface area contributed by atoms with E-state index in [2.05, 4.69) is 5.32 Å². The Balaban J connectivity index is 2.71. The number of alkyl halides is 3. The number of hydrogen-bond acceptors (Lipinski definition) is 4. The Kier molecular flexibility index (Phi) is 7.08. The maximum atomic E-state index is 11.9. The number of carbonyl (C=O) groups excluding carboxylic acids is 2. The number of nitrogens with one attached hydrogen (secondary N) is 1. The van der Waals surface area contributed by atoms with E-state index in [1.54, 1.807) is 18.2 Å². The number of alkyl carbamates (subject to hydrolysis) is 1. The van der Waals surface area contributed by atoms with Crippen LogP contribution in [-0.4, -0.2) is 28.7 Å². The minimum Gasteiger partial charge on any atom is -0.449 e. The third-order valence-corrected chi connectivity index (χ3v) is 2.81. The predicted molar refractivity (Wildman–Crippen MR) is 80.7 cm³/mol. The maximum absolute atomic E-state index is 11.9. The second-order valence-corrected chi connectivity index (χ2v) is 6.34. The van der Waals surface area contributed by atoms with E-state index in [0.717, 1.165) is 0 Å². The van der Waals surface area contributed by atoms with Crippen LogP contribution in [0.15, 0.2) is 30.3 Å². The molecular weight excluding hydrogens is 341 g/mol. The molecule has 0 aliphatic carbocycles. The van der Waals surface area contributed by atoms with Crippen LogP contribution < -0.4 is 5.32 Å². The molecule has 0 radical (unpaired) electrons. The predicted octanol–water partition coefficient (Wildman–Crippen LogP) is 3.68. The van der Waals surface area contributed by atoms with Gasteiger partial charge in [0.15, 0.2) is 0 Å². The van der Waals surface area contributed by atoms with Crippen molar-refractivity contribution in [2.45, 2.75) is 23.4 Å². The summed E-state index contributed by atoms with van der Waals surface area (Å²) < 4.78 is 7.76. The van der Waals surface area contributed by atoms with Gasteiger partial charge in [-0.2, -0.15) is 0 Å². The summed E-state index contributed by atoms with van der Waals surface area (Å²) in [7, 11) is 0. The molecule has 0 saturated carbocycles. The molecule has 0 saturated heterocycles. The Morgan fingerprint density at radius 3 is 2.38 bits per heavy atom. The largest absolute Gasteiger partial charge is 0.449 e. The Morgan fingerprint density at radius 2 is 1.86 bits per heavy atom. The topological polar surface area (TPSA) is 64.6 Å². The van der Waals surface area contributed by atoms with Crippen molar-refractivity contribution in [3.63, 3.8) is 0 Å². The van der Waals surface area contributed by atoms with Gasteiger partial charge in [0, 0.05) is 0 Å². The number of hydrogen-bond donors (Lipinski definition) is 1. The highest BCUT2D eigenvalue weighted by atomic mass is 35.6. The van der Waals surface area contributed by atoms with E-state index in [9.17, 15) is 9.59 Å². The van der Waals surface area contributed by atoms with Crippen LogP contribution in [0.3, 0.4) is 0 Å². The zero-order chi connectivity index (χ0) is 15.9. The molecule has 1 atom stereocenters.